The number of esters is 2. The van der Waals surface area contributed by atoms with Crippen molar-refractivity contribution in [2.75, 3.05) is 0 Å². The lowest BCUT2D eigenvalue weighted by atomic mass is 10.2. The first kappa shape index (κ1) is 16.7. The van der Waals surface area contributed by atoms with Gasteiger partial charge in [-0.05, 0) is 27.7 Å². The first-order chi connectivity index (χ1) is 9.13. The summed E-state index contributed by atoms with van der Waals surface area (Å²) in [6, 6.07) is 0. The molecule has 1 fully saturated rings. The van der Waals surface area contributed by atoms with Crippen LogP contribution in [0.4, 0.5) is 0 Å². The summed E-state index contributed by atoms with van der Waals surface area (Å²) in [5, 5.41) is 0. The van der Waals surface area contributed by atoms with E-state index in [1.165, 1.54) is 13.8 Å². The van der Waals surface area contributed by atoms with Gasteiger partial charge in [-0.1, -0.05) is 6.58 Å². The molecule has 0 aromatic carbocycles. The quantitative estimate of drug-likeness (QED) is 0.437. The summed E-state index contributed by atoms with van der Waals surface area (Å²) < 4.78 is 21.0. The lowest BCUT2D eigenvalue weighted by molar-refractivity contribution is -0.200. The van der Waals surface area contributed by atoms with Crippen molar-refractivity contribution in [2.45, 2.75) is 65.3 Å². The fraction of sp³-hybridized carbons (Fsp3) is 0.714. The molecule has 0 aromatic heterocycles. The first-order valence-corrected chi connectivity index (χ1v) is 6.54. The first-order valence-electron chi connectivity index (χ1n) is 6.54. The zero-order chi connectivity index (χ0) is 15.5. The molecule has 0 amide bonds. The highest BCUT2D eigenvalue weighted by Gasteiger charge is 2.42. The molecule has 114 valence electrons. The molecule has 0 N–H and O–H groups in total. The fourth-order valence-electron chi connectivity index (χ4n) is 1.85. The van der Waals surface area contributed by atoms with Gasteiger partial charge in [0, 0.05) is 12.5 Å². The Labute approximate surface area is 119 Å². The Morgan fingerprint density at radius 3 is 2.20 bits per heavy atom. The molecule has 1 rings (SSSR count). The van der Waals surface area contributed by atoms with Crippen LogP contribution in [0.1, 0.15) is 41.0 Å². The molecule has 0 spiro atoms. The Balaban J connectivity index is 2.44. The van der Waals surface area contributed by atoms with Crippen molar-refractivity contribution < 1.29 is 28.5 Å². The number of carbonyl (C=O) groups is 2. The number of ether oxygens (including phenoxy) is 4. The van der Waals surface area contributed by atoms with Crippen molar-refractivity contribution in [2.24, 2.45) is 0 Å². The van der Waals surface area contributed by atoms with E-state index in [-0.39, 0.29) is 24.2 Å². The molecule has 0 aliphatic carbocycles. The van der Waals surface area contributed by atoms with E-state index in [0.717, 1.165) is 0 Å². The van der Waals surface area contributed by atoms with E-state index in [1.54, 1.807) is 6.92 Å². The lowest BCUT2D eigenvalue weighted by Crippen LogP contribution is -2.33. The van der Waals surface area contributed by atoms with Gasteiger partial charge in [-0.25, -0.2) is 4.79 Å². The third-order valence-corrected chi connectivity index (χ3v) is 2.92. The number of rotatable bonds is 5. The summed E-state index contributed by atoms with van der Waals surface area (Å²) in [7, 11) is 0. The molecule has 3 atom stereocenters. The summed E-state index contributed by atoms with van der Waals surface area (Å²) in [6.45, 7) is 11.8. The Morgan fingerprint density at radius 2 is 1.75 bits per heavy atom. The fourth-order valence-corrected chi connectivity index (χ4v) is 1.85. The van der Waals surface area contributed by atoms with Crippen LogP contribution in [0.15, 0.2) is 12.2 Å². The molecule has 0 radical (unpaired) electrons. The molecule has 1 aliphatic rings. The van der Waals surface area contributed by atoms with E-state index in [1.807, 2.05) is 13.8 Å². The van der Waals surface area contributed by atoms with E-state index < -0.39 is 24.0 Å². The molecule has 3 unspecified atom stereocenters. The van der Waals surface area contributed by atoms with Crippen LogP contribution in [0.2, 0.25) is 0 Å². The molecule has 0 bridgehead atoms. The average molecular weight is 286 g/mol. The smallest absolute Gasteiger partial charge is 0.336 e. The molecule has 6 heteroatoms. The normalized spacial score (nSPS) is 30.6. The molecule has 0 saturated carbocycles. The van der Waals surface area contributed by atoms with Crippen LogP contribution in [0.5, 0.6) is 0 Å². The van der Waals surface area contributed by atoms with Gasteiger partial charge in [0.15, 0.2) is 5.79 Å². The molecular weight excluding hydrogens is 264 g/mol. The summed E-state index contributed by atoms with van der Waals surface area (Å²) in [4.78, 5) is 23.0. The van der Waals surface area contributed by atoms with Crippen molar-refractivity contribution in [3.05, 3.63) is 12.2 Å². The van der Waals surface area contributed by atoms with Crippen LogP contribution in [0.3, 0.4) is 0 Å². The van der Waals surface area contributed by atoms with Crippen molar-refractivity contribution in [3.8, 4) is 0 Å². The van der Waals surface area contributed by atoms with Gasteiger partial charge in [0.25, 0.3) is 0 Å². The number of hydrogen-bond acceptors (Lipinski definition) is 6. The van der Waals surface area contributed by atoms with E-state index in [9.17, 15) is 9.59 Å². The molecule has 20 heavy (non-hydrogen) atoms. The molecule has 1 heterocycles. The summed E-state index contributed by atoms with van der Waals surface area (Å²) in [6.07, 6.45) is -1.24. The molecule has 0 aromatic rings. The van der Waals surface area contributed by atoms with Crippen LogP contribution in [-0.4, -0.2) is 36.2 Å². The highest BCUT2D eigenvalue weighted by Crippen LogP contribution is 2.31. The Morgan fingerprint density at radius 1 is 1.25 bits per heavy atom. The molecule has 6 nitrogen and oxygen atoms in total. The van der Waals surface area contributed by atoms with Crippen LogP contribution in [-0.2, 0) is 28.5 Å². The average Bonchev–Trinajstić information content (AvgIpc) is 2.50. The topological polar surface area (TPSA) is 71.1 Å². The molecule has 1 aliphatic heterocycles. The third-order valence-electron chi connectivity index (χ3n) is 2.92. The van der Waals surface area contributed by atoms with Crippen molar-refractivity contribution in [1.29, 1.82) is 0 Å². The monoisotopic (exact) mass is 286 g/mol. The number of carbonyl (C=O) groups excluding carboxylic acids is 2. The summed E-state index contributed by atoms with van der Waals surface area (Å²) in [5.74, 6) is -2.17. The van der Waals surface area contributed by atoms with Gasteiger partial charge in [-0.15, -0.1) is 0 Å². The Bertz CT molecular complexity index is 392. The highest BCUT2D eigenvalue weighted by atomic mass is 16.8. The van der Waals surface area contributed by atoms with Gasteiger partial charge in [-0.2, -0.15) is 0 Å². The van der Waals surface area contributed by atoms with Gasteiger partial charge in [0.05, 0.1) is 18.6 Å². The predicted molar refractivity (Wildman–Crippen MR) is 70.6 cm³/mol. The van der Waals surface area contributed by atoms with E-state index in [4.69, 9.17) is 18.9 Å². The third kappa shape index (κ3) is 4.61. The second-order valence-electron chi connectivity index (χ2n) is 5.20. The van der Waals surface area contributed by atoms with Gasteiger partial charge in [0.1, 0.15) is 0 Å². The maximum Gasteiger partial charge on any atom is 0.336 e. The van der Waals surface area contributed by atoms with Crippen molar-refractivity contribution in [3.63, 3.8) is 0 Å². The van der Waals surface area contributed by atoms with E-state index in [0.29, 0.717) is 0 Å². The van der Waals surface area contributed by atoms with E-state index >= 15 is 0 Å². The van der Waals surface area contributed by atoms with E-state index in [2.05, 4.69) is 6.58 Å². The standard InChI is InChI=1S/C14H22O6/c1-8(2)13(16)18-11(5)17-12(15)7-14(6)19-9(3)10(4)20-14/h9-11H,1,7H2,2-6H3. The highest BCUT2D eigenvalue weighted by molar-refractivity contribution is 5.87. The van der Waals surface area contributed by atoms with Gasteiger partial charge in [-0.3, -0.25) is 4.79 Å². The second-order valence-corrected chi connectivity index (χ2v) is 5.20. The number of hydrogen-bond donors (Lipinski definition) is 0. The predicted octanol–water partition coefficient (Wildman–Crippen LogP) is 1.93. The summed E-state index contributed by atoms with van der Waals surface area (Å²) >= 11 is 0. The van der Waals surface area contributed by atoms with Crippen LogP contribution in [0.25, 0.3) is 0 Å². The van der Waals surface area contributed by atoms with Crippen molar-refractivity contribution >= 4 is 11.9 Å². The largest absolute Gasteiger partial charge is 0.425 e. The van der Waals surface area contributed by atoms with Crippen LogP contribution in [0, 0.1) is 0 Å². The SMILES string of the molecule is C=C(C)C(=O)OC(C)OC(=O)CC1(C)OC(C)C(C)O1. The van der Waals surface area contributed by atoms with Crippen LogP contribution < -0.4 is 0 Å². The minimum atomic E-state index is -1.01. The van der Waals surface area contributed by atoms with Gasteiger partial charge < -0.3 is 18.9 Å². The minimum absolute atomic E-state index is 0.0728. The molecular formula is C14H22O6. The van der Waals surface area contributed by atoms with Gasteiger partial charge >= 0.3 is 11.9 Å². The zero-order valence-electron chi connectivity index (χ0n) is 12.6. The maximum absolute atomic E-state index is 11.8. The second kappa shape index (κ2) is 6.37. The maximum atomic E-state index is 11.8. The Hall–Kier alpha value is -1.40. The van der Waals surface area contributed by atoms with Gasteiger partial charge in [0.2, 0.25) is 6.29 Å². The lowest BCUT2D eigenvalue weighted by Gasteiger charge is -2.23. The summed E-state index contributed by atoms with van der Waals surface area (Å²) in [5.41, 5.74) is 0.241. The Kier molecular flexibility index (Phi) is 5.30. The minimum Gasteiger partial charge on any atom is -0.425 e. The van der Waals surface area contributed by atoms with Crippen molar-refractivity contribution in [1.82, 2.24) is 0 Å². The molecule has 1 saturated heterocycles. The zero-order valence-corrected chi connectivity index (χ0v) is 12.6. The van der Waals surface area contributed by atoms with Crippen LogP contribution >= 0.6 is 0 Å².